The molecule has 1 fully saturated rings. The maximum atomic E-state index is 11.8. The number of carbonyl (C=O) groups excluding carboxylic acids is 1. The predicted octanol–water partition coefficient (Wildman–Crippen LogP) is 4.76. The monoisotopic (exact) mass is 283 g/mol. The lowest BCUT2D eigenvalue weighted by Gasteiger charge is -2.42. The summed E-state index contributed by atoms with van der Waals surface area (Å²) >= 11 is 0. The van der Waals surface area contributed by atoms with Crippen molar-refractivity contribution in [2.24, 2.45) is 16.7 Å². The Hall–Kier alpha value is -0.730. The molecule has 0 aromatic heterocycles. The number of amides is 1. The molecule has 1 rings (SSSR count). The standard InChI is InChI=1S/C17H33NO2/c1-6-14(7-2)11-20-15(19)18-13-17(5)10-8-9-16(3,4)12-17/h14H,6-13H2,1-5H3,(H,18,19). The van der Waals surface area contributed by atoms with Gasteiger partial charge in [-0.2, -0.15) is 0 Å². The quantitative estimate of drug-likeness (QED) is 0.763. The third-order valence-electron chi connectivity index (χ3n) is 4.80. The van der Waals surface area contributed by atoms with E-state index in [1.54, 1.807) is 0 Å². The second kappa shape index (κ2) is 7.33. The van der Waals surface area contributed by atoms with Crippen molar-refractivity contribution in [2.75, 3.05) is 13.2 Å². The van der Waals surface area contributed by atoms with Crippen LogP contribution in [0.4, 0.5) is 4.79 Å². The highest BCUT2D eigenvalue weighted by atomic mass is 16.5. The van der Waals surface area contributed by atoms with Crippen LogP contribution in [0.5, 0.6) is 0 Å². The molecule has 0 heterocycles. The van der Waals surface area contributed by atoms with Crippen LogP contribution in [0, 0.1) is 16.7 Å². The molecular formula is C17H33NO2. The lowest BCUT2D eigenvalue weighted by atomic mass is 9.64. The molecule has 1 unspecified atom stereocenters. The summed E-state index contributed by atoms with van der Waals surface area (Å²) in [5, 5.41) is 2.97. The number of rotatable bonds is 6. The van der Waals surface area contributed by atoms with Gasteiger partial charge in [-0.3, -0.25) is 0 Å². The highest BCUT2D eigenvalue weighted by Crippen LogP contribution is 2.45. The maximum Gasteiger partial charge on any atom is 0.407 e. The molecule has 1 saturated carbocycles. The Labute approximate surface area is 124 Å². The van der Waals surface area contributed by atoms with Gasteiger partial charge in [-0.25, -0.2) is 4.79 Å². The zero-order chi connectivity index (χ0) is 15.2. The van der Waals surface area contributed by atoms with Crippen LogP contribution < -0.4 is 5.32 Å². The molecule has 1 N–H and O–H groups in total. The first kappa shape index (κ1) is 17.3. The number of nitrogens with one attached hydrogen (secondary N) is 1. The second-order valence-corrected chi connectivity index (χ2v) is 7.64. The van der Waals surface area contributed by atoms with Gasteiger partial charge >= 0.3 is 6.09 Å². The summed E-state index contributed by atoms with van der Waals surface area (Å²) in [6.07, 6.45) is 6.80. The molecule has 1 amide bonds. The first-order valence-electron chi connectivity index (χ1n) is 8.21. The number of alkyl carbamates (subject to hydrolysis) is 1. The van der Waals surface area contributed by atoms with Gasteiger partial charge < -0.3 is 10.1 Å². The van der Waals surface area contributed by atoms with E-state index in [-0.39, 0.29) is 11.5 Å². The zero-order valence-corrected chi connectivity index (χ0v) is 14.1. The Morgan fingerprint density at radius 1 is 1.20 bits per heavy atom. The average Bonchev–Trinajstić information content (AvgIpc) is 2.36. The van der Waals surface area contributed by atoms with Crippen molar-refractivity contribution < 1.29 is 9.53 Å². The molecule has 1 aliphatic rings. The minimum atomic E-state index is -0.249. The lowest BCUT2D eigenvalue weighted by Crippen LogP contribution is -2.41. The average molecular weight is 283 g/mol. The Bertz CT molecular complexity index is 310. The van der Waals surface area contributed by atoms with E-state index in [0.717, 1.165) is 19.4 Å². The fraction of sp³-hybridized carbons (Fsp3) is 0.941. The first-order chi connectivity index (χ1) is 9.30. The molecule has 0 aromatic rings. The molecule has 3 nitrogen and oxygen atoms in total. The number of carbonyl (C=O) groups is 1. The van der Waals surface area contributed by atoms with Crippen molar-refractivity contribution in [1.29, 1.82) is 0 Å². The summed E-state index contributed by atoms with van der Waals surface area (Å²) < 4.78 is 5.32. The van der Waals surface area contributed by atoms with Crippen molar-refractivity contribution in [3.8, 4) is 0 Å². The van der Waals surface area contributed by atoms with Gasteiger partial charge in [-0.1, -0.05) is 53.9 Å². The molecule has 1 aliphatic carbocycles. The van der Waals surface area contributed by atoms with Crippen LogP contribution in [0.3, 0.4) is 0 Å². The SMILES string of the molecule is CCC(CC)COC(=O)NCC1(C)CCCC(C)(C)C1. The summed E-state index contributed by atoms with van der Waals surface area (Å²) in [7, 11) is 0. The zero-order valence-electron chi connectivity index (χ0n) is 14.1. The molecular weight excluding hydrogens is 250 g/mol. The molecule has 118 valence electrons. The summed E-state index contributed by atoms with van der Waals surface area (Å²) in [4.78, 5) is 11.8. The van der Waals surface area contributed by atoms with Crippen molar-refractivity contribution in [3.05, 3.63) is 0 Å². The Morgan fingerprint density at radius 2 is 1.85 bits per heavy atom. The minimum absolute atomic E-state index is 0.218. The molecule has 0 saturated heterocycles. The van der Waals surface area contributed by atoms with Gasteiger partial charge in [0.2, 0.25) is 0 Å². The second-order valence-electron chi connectivity index (χ2n) is 7.64. The van der Waals surface area contributed by atoms with Crippen LogP contribution in [-0.2, 0) is 4.74 Å². The van der Waals surface area contributed by atoms with E-state index in [9.17, 15) is 4.79 Å². The van der Waals surface area contributed by atoms with E-state index in [4.69, 9.17) is 4.74 Å². The molecule has 20 heavy (non-hydrogen) atoms. The number of ether oxygens (including phenoxy) is 1. The minimum Gasteiger partial charge on any atom is -0.449 e. The van der Waals surface area contributed by atoms with E-state index in [0.29, 0.717) is 17.9 Å². The Balaban J connectivity index is 2.33. The maximum absolute atomic E-state index is 11.8. The summed E-state index contributed by atoms with van der Waals surface area (Å²) in [6, 6.07) is 0. The third kappa shape index (κ3) is 5.72. The van der Waals surface area contributed by atoms with Crippen LogP contribution in [-0.4, -0.2) is 19.2 Å². The summed E-state index contributed by atoms with van der Waals surface area (Å²) in [6.45, 7) is 12.5. The van der Waals surface area contributed by atoms with E-state index >= 15 is 0 Å². The normalized spacial score (nSPS) is 25.5. The lowest BCUT2D eigenvalue weighted by molar-refractivity contribution is 0.0864. The van der Waals surface area contributed by atoms with Crippen LogP contribution in [0.2, 0.25) is 0 Å². The van der Waals surface area contributed by atoms with Gasteiger partial charge in [0.05, 0.1) is 6.61 Å². The van der Waals surface area contributed by atoms with Crippen molar-refractivity contribution in [3.63, 3.8) is 0 Å². The van der Waals surface area contributed by atoms with Crippen molar-refractivity contribution in [1.82, 2.24) is 5.32 Å². The fourth-order valence-electron chi connectivity index (χ4n) is 3.53. The van der Waals surface area contributed by atoms with Crippen LogP contribution in [0.15, 0.2) is 0 Å². The number of hydrogen-bond donors (Lipinski definition) is 1. The molecule has 0 radical (unpaired) electrons. The smallest absolute Gasteiger partial charge is 0.407 e. The molecule has 1 atom stereocenters. The van der Waals surface area contributed by atoms with Gasteiger partial charge in [0, 0.05) is 6.54 Å². The van der Waals surface area contributed by atoms with E-state index in [2.05, 4.69) is 39.9 Å². The number of hydrogen-bond acceptors (Lipinski definition) is 2. The largest absolute Gasteiger partial charge is 0.449 e. The molecule has 0 bridgehead atoms. The molecule has 0 aromatic carbocycles. The van der Waals surface area contributed by atoms with Gasteiger partial charge in [0.25, 0.3) is 0 Å². The highest BCUT2D eigenvalue weighted by molar-refractivity contribution is 5.67. The van der Waals surface area contributed by atoms with Crippen molar-refractivity contribution >= 4 is 6.09 Å². The first-order valence-corrected chi connectivity index (χ1v) is 8.21. The van der Waals surface area contributed by atoms with Crippen LogP contribution in [0.1, 0.15) is 73.1 Å². The van der Waals surface area contributed by atoms with E-state index in [1.807, 2.05) is 0 Å². The Morgan fingerprint density at radius 3 is 2.40 bits per heavy atom. The molecule has 3 heteroatoms. The fourth-order valence-corrected chi connectivity index (χ4v) is 3.53. The summed E-state index contributed by atoms with van der Waals surface area (Å²) in [5.74, 6) is 0.491. The van der Waals surface area contributed by atoms with E-state index < -0.39 is 0 Å². The van der Waals surface area contributed by atoms with Gasteiger partial charge in [0.15, 0.2) is 0 Å². The topological polar surface area (TPSA) is 38.3 Å². The van der Waals surface area contributed by atoms with E-state index in [1.165, 1.54) is 25.7 Å². The molecule has 0 spiro atoms. The van der Waals surface area contributed by atoms with Gasteiger partial charge in [-0.05, 0) is 36.0 Å². The van der Waals surface area contributed by atoms with Gasteiger partial charge in [-0.15, -0.1) is 0 Å². The Kier molecular flexibility index (Phi) is 6.35. The predicted molar refractivity (Wildman–Crippen MR) is 83.8 cm³/mol. The van der Waals surface area contributed by atoms with Gasteiger partial charge in [0.1, 0.15) is 0 Å². The van der Waals surface area contributed by atoms with Crippen molar-refractivity contribution in [2.45, 2.75) is 73.1 Å². The van der Waals surface area contributed by atoms with Crippen LogP contribution in [0.25, 0.3) is 0 Å². The molecule has 0 aliphatic heterocycles. The highest BCUT2D eigenvalue weighted by Gasteiger charge is 2.36. The van der Waals surface area contributed by atoms with Crippen LogP contribution >= 0.6 is 0 Å². The third-order valence-corrected chi connectivity index (χ3v) is 4.80. The summed E-state index contributed by atoms with van der Waals surface area (Å²) in [5.41, 5.74) is 0.615.